The summed E-state index contributed by atoms with van der Waals surface area (Å²) in [4.78, 5) is 13.1. The molecule has 1 unspecified atom stereocenters. The number of hydrogen-bond acceptors (Lipinski definition) is 2. The van der Waals surface area contributed by atoms with Gasteiger partial charge in [0, 0.05) is 6.04 Å². The van der Waals surface area contributed by atoms with Gasteiger partial charge in [-0.1, -0.05) is 37.3 Å². The highest BCUT2D eigenvalue weighted by atomic mass is 16.1. The maximum Gasteiger partial charge on any atom is 0.231 e. The highest BCUT2D eigenvalue weighted by molar-refractivity contribution is 5.76. The summed E-state index contributed by atoms with van der Waals surface area (Å²) in [6.45, 7) is 5.42. The number of primary amides is 1. The van der Waals surface area contributed by atoms with E-state index in [4.69, 9.17) is 5.73 Å². The highest BCUT2D eigenvalue weighted by Crippen LogP contribution is 2.19. The maximum absolute atomic E-state index is 11.0. The number of carbonyl (C=O) groups is 1. The predicted octanol–water partition coefficient (Wildman–Crippen LogP) is 1.94. The number of amides is 1. The standard InChI is InChI=1S/C13H20N2O/c1-3-9-15(10-13(14)16)11(2)12-7-5-4-6-8-12/h4-8,11H,3,9-10H2,1-2H3,(H2,14,16). The molecule has 88 valence electrons. The van der Waals surface area contributed by atoms with E-state index in [1.807, 2.05) is 18.2 Å². The van der Waals surface area contributed by atoms with Crippen LogP contribution in [-0.2, 0) is 4.79 Å². The van der Waals surface area contributed by atoms with Crippen LogP contribution in [0.4, 0.5) is 0 Å². The average molecular weight is 220 g/mol. The van der Waals surface area contributed by atoms with Gasteiger partial charge in [0.1, 0.15) is 0 Å². The monoisotopic (exact) mass is 220 g/mol. The van der Waals surface area contributed by atoms with Crippen molar-refractivity contribution in [1.29, 1.82) is 0 Å². The molecule has 16 heavy (non-hydrogen) atoms. The van der Waals surface area contributed by atoms with Crippen LogP contribution < -0.4 is 5.73 Å². The van der Waals surface area contributed by atoms with Crippen LogP contribution in [0.5, 0.6) is 0 Å². The van der Waals surface area contributed by atoms with Crippen molar-refractivity contribution in [2.75, 3.05) is 13.1 Å². The van der Waals surface area contributed by atoms with E-state index in [1.165, 1.54) is 5.56 Å². The Kier molecular flexibility index (Phi) is 4.99. The number of rotatable bonds is 6. The third-order valence-electron chi connectivity index (χ3n) is 2.70. The zero-order valence-electron chi connectivity index (χ0n) is 10.0. The van der Waals surface area contributed by atoms with E-state index < -0.39 is 0 Å². The Morgan fingerprint density at radius 3 is 2.50 bits per heavy atom. The van der Waals surface area contributed by atoms with E-state index in [-0.39, 0.29) is 11.9 Å². The average Bonchev–Trinajstić information content (AvgIpc) is 2.28. The SMILES string of the molecule is CCCN(CC(N)=O)C(C)c1ccccc1. The summed E-state index contributed by atoms with van der Waals surface area (Å²) in [5.74, 6) is -0.267. The summed E-state index contributed by atoms with van der Waals surface area (Å²) >= 11 is 0. The molecule has 1 rings (SSSR count). The first-order valence-corrected chi connectivity index (χ1v) is 5.72. The molecular weight excluding hydrogens is 200 g/mol. The predicted molar refractivity (Wildman–Crippen MR) is 65.9 cm³/mol. The molecule has 1 aromatic carbocycles. The second-order valence-electron chi connectivity index (χ2n) is 4.02. The van der Waals surface area contributed by atoms with Gasteiger partial charge in [-0.3, -0.25) is 9.69 Å². The second kappa shape index (κ2) is 6.28. The number of nitrogens with zero attached hydrogens (tertiary/aromatic N) is 1. The lowest BCUT2D eigenvalue weighted by Crippen LogP contribution is -2.36. The Balaban J connectivity index is 2.74. The molecule has 0 spiro atoms. The molecule has 3 heteroatoms. The van der Waals surface area contributed by atoms with Gasteiger partial charge < -0.3 is 5.73 Å². The van der Waals surface area contributed by atoms with Gasteiger partial charge in [0.25, 0.3) is 0 Å². The summed E-state index contributed by atoms with van der Waals surface area (Å²) in [7, 11) is 0. The fourth-order valence-electron chi connectivity index (χ4n) is 1.84. The first-order chi connectivity index (χ1) is 7.65. The molecule has 1 atom stereocenters. The fraction of sp³-hybridized carbons (Fsp3) is 0.462. The van der Waals surface area contributed by atoms with Gasteiger partial charge in [-0.25, -0.2) is 0 Å². The van der Waals surface area contributed by atoms with Crippen molar-refractivity contribution in [3.63, 3.8) is 0 Å². The third-order valence-corrected chi connectivity index (χ3v) is 2.70. The van der Waals surface area contributed by atoms with Crippen LogP contribution in [-0.4, -0.2) is 23.9 Å². The molecule has 3 nitrogen and oxygen atoms in total. The minimum absolute atomic E-state index is 0.230. The van der Waals surface area contributed by atoms with Crippen molar-refractivity contribution in [3.8, 4) is 0 Å². The second-order valence-corrected chi connectivity index (χ2v) is 4.02. The Bertz CT molecular complexity index is 324. The van der Waals surface area contributed by atoms with Gasteiger partial charge in [-0.15, -0.1) is 0 Å². The maximum atomic E-state index is 11.0. The lowest BCUT2D eigenvalue weighted by Gasteiger charge is -2.27. The molecule has 0 aliphatic carbocycles. The molecule has 0 aliphatic heterocycles. The van der Waals surface area contributed by atoms with Crippen LogP contribution in [0, 0.1) is 0 Å². The molecule has 0 saturated carbocycles. The molecule has 2 N–H and O–H groups in total. The third kappa shape index (κ3) is 3.66. The van der Waals surface area contributed by atoms with E-state index >= 15 is 0 Å². The van der Waals surface area contributed by atoms with Crippen LogP contribution in [0.1, 0.15) is 31.9 Å². The summed E-state index contributed by atoms with van der Waals surface area (Å²) in [6, 6.07) is 10.4. The molecule has 0 saturated heterocycles. The molecule has 0 aliphatic rings. The first-order valence-electron chi connectivity index (χ1n) is 5.72. The summed E-state index contributed by atoms with van der Waals surface area (Å²) in [5.41, 5.74) is 6.48. The smallest absolute Gasteiger partial charge is 0.231 e. The van der Waals surface area contributed by atoms with Crippen LogP contribution in [0.25, 0.3) is 0 Å². The zero-order valence-corrected chi connectivity index (χ0v) is 10.0. The molecule has 1 aromatic rings. The largest absolute Gasteiger partial charge is 0.369 e. The summed E-state index contributed by atoms with van der Waals surface area (Å²) < 4.78 is 0. The molecule has 0 bridgehead atoms. The Labute approximate surface area is 97.2 Å². The van der Waals surface area contributed by atoms with Crippen molar-refractivity contribution in [3.05, 3.63) is 35.9 Å². The van der Waals surface area contributed by atoms with E-state index in [1.54, 1.807) is 0 Å². The molecule has 0 radical (unpaired) electrons. The van der Waals surface area contributed by atoms with Crippen molar-refractivity contribution in [2.24, 2.45) is 5.73 Å². The van der Waals surface area contributed by atoms with E-state index in [0.29, 0.717) is 6.54 Å². The lowest BCUT2D eigenvalue weighted by molar-refractivity contribution is -0.119. The van der Waals surface area contributed by atoms with Gasteiger partial charge >= 0.3 is 0 Å². The van der Waals surface area contributed by atoms with Crippen LogP contribution in [0.2, 0.25) is 0 Å². The van der Waals surface area contributed by atoms with Gasteiger partial charge in [0.15, 0.2) is 0 Å². The van der Waals surface area contributed by atoms with Crippen LogP contribution >= 0.6 is 0 Å². The molecule has 0 fully saturated rings. The molecule has 1 amide bonds. The van der Waals surface area contributed by atoms with Gasteiger partial charge in [-0.05, 0) is 25.5 Å². The fourth-order valence-corrected chi connectivity index (χ4v) is 1.84. The number of benzene rings is 1. The molecule has 0 aromatic heterocycles. The molecule has 0 heterocycles. The minimum atomic E-state index is -0.267. The van der Waals surface area contributed by atoms with Crippen LogP contribution in [0.15, 0.2) is 30.3 Å². The van der Waals surface area contributed by atoms with Crippen molar-refractivity contribution in [2.45, 2.75) is 26.3 Å². The Morgan fingerprint density at radius 1 is 1.38 bits per heavy atom. The highest BCUT2D eigenvalue weighted by Gasteiger charge is 2.16. The zero-order chi connectivity index (χ0) is 12.0. The quantitative estimate of drug-likeness (QED) is 0.796. The summed E-state index contributed by atoms with van der Waals surface area (Å²) in [5, 5.41) is 0. The lowest BCUT2D eigenvalue weighted by atomic mass is 10.1. The Morgan fingerprint density at radius 2 is 2.00 bits per heavy atom. The first kappa shape index (κ1) is 12.7. The van der Waals surface area contributed by atoms with E-state index in [9.17, 15) is 4.79 Å². The van der Waals surface area contributed by atoms with Gasteiger partial charge in [0.2, 0.25) is 5.91 Å². The Hall–Kier alpha value is -1.35. The summed E-state index contributed by atoms with van der Waals surface area (Å²) in [6.07, 6.45) is 1.02. The van der Waals surface area contributed by atoms with Crippen molar-refractivity contribution >= 4 is 5.91 Å². The minimum Gasteiger partial charge on any atom is -0.369 e. The van der Waals surface area contributed by atoms with E-state index in [0.717, 1.165) is 13.0 Å². The molecular formula is C13H20N2O. The topological polar surface area (TPSA) is 46.3 Å². The van der Waals surface area contributed by atoms with Gasteiger partial charge in [-0.2, -0.15) is 0 Å². The van der Waals surface area contributed by atoms with Crippen LogP contribution in [0.3, 0.4) is 0 Å². The van der Waals surface area contributed by atoms with Crippen molar-refractivity contribution < 1.29 is 4.79 Å². The van der Waals surface area contributed by atoms with Gasteiger partial charge in [0.05, 0.1) is 6.54 Å². The normalized spacial score (nSPS) is 12.7. The number of hydrogen-bond donors (Lipinski definition) is 1. The van der Waals surface area contributed by atoms with E-state index in [2.05, 4.69) is 30.9 Å². The van der Waals surface area contributed by atoms with Crippen molar-refractivity contribution in [1.82, 2.24) is 4.90 Å². The number of nitrogens with two attached hydrogens (primary N) is 1. The number of carbonyl (C=O) groups excluding carboxylic acids is 1.